The average Bonchev–Trinajstić information content (AvgIpc) is 2.65. The fourth-order valence-corrected chi connectivity index (χ4v) is 2.87. The Balaban J connectivity index is 2.57. The molecule has 0 aliphatic heterocycles. The highest BCUT2D eigenvalue weighted by atomic mass is 35.5. The highest BCUT2D eigenvalue weighted by Crippen LogP contribution is 2.38. The largest absolute Gasteiger partial charge is 0.493 e. The molecule has 0 saturated carbocycles. The van der Waals surface area contributed by atoms with Gasteiger partial charge in [-0.2, -0.15) is 0 Å². The zero-order chi connectivity index (χ0) is 20.0. The van der Waals surface area contributed by atoms with E-state index < -0.39 is 5.97 Å². The van der Waals surface area contributed by atoms with Gasteiger partial charge in [0.15, 0.2) is 23.0 Å². The van der Waals surface area contributed by atoms with Gasteiger partial charge in [-0.15, -0.1) is 0 Å². The van der Waals surface area contributed by atoms with Crippen molar-refractivity contribution < 1.29 is 28.8 Å². The fourth-order valence-electron chi connectivity index (χ4n) is 2.57. The smallest absolute Gasteiger partial charge is 0.336 e. The van der Waals surface area contributed by atoms with Gasteiger partial charge in [-0.25, -0.2) is 4.79 Å². The Hall–Kier alpha value is -2.86. The molecular weight excluding hydrogens is 372 g/mol. The highest BCUT2D eigenvalue weighted by Gasteiger charge is 2.16. The molecule has 2 aromatic rings. The number of hydrogen-bond acceptors (Lipinski definition) is 5. The third kappa shape index (κ3) is 4.65. The van der Waals surface area contributed by atoms with E-state index in [0.29, 0.717) is 45.8 Å². The summed E-state index contributed by atoms with van der Waals surface area (Å²) >= 11 is 6.25. The summed E-state index contributed by atoms with van der Waals surface area (Å²) in [5, 5.41) is 10.0. The van der Waals surface area contributed by atoms with E-state index >= 15 is 0 Å². The van der Waals surface area contributed by atoms with Crippen LogP contribution in [-0.4, -0.2) is 39.0 Å². The first kappa shape index (κ1) is 20.5. The molecular formula is C20H21ClO6. The molecule has 27 heavy (non-hydrogen) atoms. The van der Waals surface area contributed by atoms with Gasteiger partial charge >= 0.3 is 5.97 Å². The van der Waals surface area contributed by atoms with Crippen LogP contribution in [0.3, 0.4) is 0 Å². The Kier molecular flexibility index (Phi) is 6.96. The van der Waals surface area contributed by atoms with E-state index in [9.17, 15) is 9.90 Å². The normalized spacial score (nSPS) is 11.1. The average molecular weight is 393 g/mol. The van der Waals surface area contributed by atoms with Gasteiger partial charge in [0.2, 0.25) is 0 Å². The summed E-state index contributed by atoms with van der Waals surface area (Å²) < 4.78 is 21.2. The predicted molar refractivity (Wildman–Crippen MR) is 104 cm³/mol. The van der Waals surface area contributed by atoms with Gasteiger partial charge in [0.25, 0.3) is 0 Å². The van der Waals surface area contributed by atoms with Crippen LogP contribution in [-0.2, 0) is 4.79 Å². The number of benzene rings is 2. The van der Waals surface area contributed by atoms with E-state index in [0.717, 1.165) is 0 Å². The summed E-state index contributed by atoms with van der Waals surface area (Å²) in [6, 6.07) is 8.20. The maximum atomic E-state index is 11.8. The first-order valence-corrected chi connectivity index (χ1v) is 8.50. The lowest BCUT2D eigenvalue weighted by atomic mass is 10.0. The van der Waals surface area contributed by atoms with Crippen molar-refractivity contribution in [3.05, 3.63) is 46.5 Å². The number of ether oxygens (including phenoxy) is 4. The first-order valence-electron chi connectivity index (χ1n) is 8.12. The second-order valence-electron chi connectivity index (χ2n) is 5.40. The van der Waals surface area contributed by atoms with Gasteiger partial charge in [0.1, 0.15) is 0 Å². The third-order valence-electron chi connectivity index (χ3n) is 3.77. The van der Waals surface area contributed by atoms with Crippen LogP contribution in [0, 0.1) is 0 Å². The van der Waals surface area contributed by atoms with E-state index in [1.165, 1.54) is 27.4 Å². The van der Waals surface area contributed by atoms with Crippen molar-refractivity contribution in [3.8, 4) is 23.0 Å². The van der Waals surface area contributed by atoms with E-state index in [2.05, 4.69) is 0 Å². The number of carboxylic acid groups (broad SMARTS) is 1. The fraction of sp³-hybridized carbons (Fsp3) is 0.250. The molecule has 0 saturated heterocycles. The molecule has 0 amide bonds. The Labute approximate surface area is 162 Å². The van der Waals surface area contributed by atoms with Crippen molar-refractivity contribution in [3.63, 3.8) is 0 Å². The molecule has 2 aromatic carbocycles. The van der Waals surface area contributed by atoms with Crippen molar-refractivity contribution in [2.24, 2.45) is 0 Å². The van der Waals surface area contributed by atoms with E-state index in [4.69, 9.17) is 30.5 Å². The molecule has 0 aliphatic carbocycles. The lowest BCUT2D eigenvalue weighted by Crippen LogP contribution is -2.01. The van der Waals surface area contributed by atoms with Gasteiger partial charge in [0, 0.05) is 0 Å². The summed E-state index contributed by atoms with van der Waals surface area (Å²) in [7, 11) is 4.50. The number of carboxylic acids is 1. The molecule has 144 valence electrons. The molecule has 0 radical (unpaired) electrons. The maximum absolute atomic E-state index is 11.8. The monoisotopic (exact) mass is 392 g/mol. The Morgan fingerprint density at radius 2 is 1.74 bits per heavy atom. The van der Waals surface area contributed by atoms with Crippen LogP contribution in [0.15, 0.2) is 30.3 Å². The molecule has 0 aliphatic rings. The molecule has 0 atom stereocenters. The van der Waals surface area contributed by atoms with Gasteiger partial charge in [-0.1, -0.05) is 17.7 Å². The van der Waals surface area contributed by atoms with Crippen LogP contribution in [0.2, 0.25) is 5.02 Å². The Morgan fingerprint density at radius 1 is 1.04 bits per heavy atom. The van der Waals surface area contributed by atoms with Crippen LogP contribution in [0.1, 0.15) is 18.1 Å². The molecule has 2 rings (SSSR count). The second-order valence-corrected chi connectivity index (χ2v) is 5.81. The number of rotatable bonds is 8. The minimum absolute atomic E-state index is 0.0691. The summed E-state index contributed by atoms with van der Waals surface area (Å²) in [6.07, 6.45) is 1.51. The minimum Gasteiger partial charge on any atom is -0.493 e. The Morgan fingerprint density at radius 3 is 2.30 bits per heavy atom. The van der Waals surface area contributed by atoms with Gasteiger partial charge < -0.3 is 24.1 Å². The standard InChI is InChI=1S/C20H21ClO6/c1-5-27-18-10-12(9-15(21)19(18)26-4)8-14(20(22)23)13-6-7-16(24-2)17(11-13)25-3/h6-11H,5H2,1-4H3,(H,22,23)/b14-8+. The van der Waals surface area contributed by atoms with Gasteiger partial charge in [0.05, 0.1) is 38.5 Å². The number of aliphatic carboxylic acids is 1. The second kappa shape index (κ2) is 9.19. The van der Waals surface area contributed by atoms with Crippen LogP contribution in [0.5, 0.6) is 23.0 Å². The Bertz CT molecular complexity index is 860. The molecule has 0 bridgehead atoms. The number of hydrogen-bond donors (Lipinski definition) is 1. The molecule has 1 N–H and O–H groups in total. The van der Waals surface area contributed by atoms with Crippen molar-refractivity contribution >= 4 is 29.2 Å². The van der Waals surface area contributed by atoms with Crippen molar-refractivity contribution in [1.29, 1.82) is 0 Å². The summed E-state index contributed by atoms with van der Waals surface area (Å²) in [5.74, 6) is 0.698. The number of halogens is 1. The van der Waals surface area contributed by atoms with Gasteiger partial charge in [-0.05, 0) is 48.4 Å². The predicted octanol–water partition coefficient (Wildman–Crippen LogP) is 4.39. The number of methoxy groups -OCH3 is 3. The third-order valence-corrected chi connectivity index (χ3v) is 4.05. The molecule has 7 heteroatoms. The molecule has 0 aromatic heterocycles. The van der Waals surface area contributed by atoms with Crippen molar-refractivity contribution in [2.75, 3.05) is 27.9 Å². The molecule has 6 nitrogen and oxygen atoms in total. The highest BCUT2D eigenvalue weighted by molar-refractivity contribution is 6.32. The SMILES string of the molecule is CCOc1cc(/C=C(/C(=O)O)c2ccc(OC)c(OC)c2)cc(Cl)c1OC. The summed E-state index contributed by atoms with van der Waals surface area (Å²) in [4.78, 5) is 11.8. The van der Waals surface area contributed by atoms with Crippen LogP contribution < -0.4 is 18.9 Å². The topological polar surface area (TPSA) is 74.2 Å². The first-order chi connectivity index (χ1) is 12.9. The molecule has 0 unspecified atom stereocenters. The van der Waals surface area contributed by atoms with Crippen molar-refractivity contribution in [2.45, 2.75) is 6.92 Å². The summed E-state index contributed by atoms with van der Waals surface area (Å²) in [5.41, 5.74) is 1.10. The van der Waals surface area contributed by atoms with Crippen LogP contribution >= 0.6 is 11.6 Å². The maximum Gasteiger partial charge on any atom is 0.336 e. The molecule has 0 spiro atoms. The zero-order valence-electron chi connectivity index (χ0n) is 15.5. The molecule has 0 heterocycles. The summed E-state index contributed by atoms with van der Waals surface area (Å²) in [6.45, 7) is 2.25. The lowest BCUT2D eigenvalue weighted by molar-refractivity contribution is -0.130. The van der Waals surface area contributed by atoms with Crippen LogP contribution in [0.4, 0.5) is 0 Å². The zero-order valence-corrected chi connectivity index (χ0v) is 16.3. The van der Waals surface area contributed by atoms with E-state index in [1.807, 2.05) is 6.92 Å². The van der Waals surface area contributed by atoms with Crippen LogP contribution in [0.25, 0.3) is 11.6 Å². The van der Waals surface area contributed by atoms with E-state index in [1.54, 1.807) is 30.3 Å². The molecule has 0 fully saturated rings. The number of carbonyl (C=O) groups is 1. The van der Waals surface area contributed by atoms with Crippen molar-refractivity contribution in [1.82, 2.24) is 0 Å². The van der Waals surface area contributed by atoms with E-state index in [-0.39, 0.29) is 5.57 Å². The lowest BCUT2D eigenvalue weighted by Gasteiger charge is -2.13. The minimum atomic E-state index is -1.09. The quantitative estimate of drug-likeness (QED) is 0.530. The van der Waals surface area contributed by atoms with Gasteiger partial charge in [-0.3, -0.25) is 0 Å².